The molecule has 0 amide bonds. The van der Waals surface area contributed by atoms with Gasteiger partial charge in [0.2, 0.25) is 0 Å². The summed E-state index contributed by atoms with van der Waals surface area (Å²) in [5.41, 5.74) is 7.63. The van der Waals surface area contributed by atoms with Crippen LogP contribution in [0, 0.1) is 5.41 Å². The first kappa shape index (κ1) is 18.0. The summed E-state index contributed by atoms with van der Waals surface area (Å²) >= 11 is 0. The molecule has 0 bridgehead atoms. The number of fused-ring (bicyclic) bond motifs is 1. The quantitative estimate of drug-likeness (QED) is 0.492. The van der Waals surface area contributed by atoms with E-state index in [9.17, 15) is 4.79 Å². The van der Waals surface area contributed by atoms with E-state index in [0.29, 0.717) is 24.4 Å². The molecule has 0 aliphatic carbocycles. The summed E-state index contributed by atoms with van der Waals surface area (Å²) < 4.78 is 10.9. The smallest absolute Gasteiger partial charge is 0.328 e. The highest BCUT2D eigenvalue weighted by molar-refractivity contribution is 6.29. The molecule has 0 fully saturated rings. The Balaban J connectivity index is 2.06. The molecule has 1 aliphatic heterocycles. The van der Waals surface area contributed by atoms with E-state index >= 15 is 0 Å². The van der Waals surface area contributed by atoms with Crippen LogP contribution in [0.4, 0.5) is 5.69 Å². The second-order valence-corrected chi connectivity index (χ2v) is 6.87. The number of aliphatic imine (C=N–C) groups is 1. The van der Waals surface area contributed by atoms with Gasteiger partial charge in [-0.1, -0.05) is 0 Å². The van der Waals surface area contributed by atoms with Gasteiger partial charge in [0.05, 0.1) is 12.3 Å². The lowest BCUT2D eigenvalue weighted by molar-refractivity contribution is -0.152. The largest absolute Gasteiger partial charge is 0.493 e. The van der Waals surface area contributed by atoms with Crippen LogP contribution in [-0.4, -0.2) is 36.6 Å². The molecule has 1 aliphatic rings. The van der Waals surface area contributed by atoms with Crippen LogP contribution in [0.25, 0.3) is 0 Å². The SMILES string of the molecule is CC(C)(C)OC(=O)CN=C(C=N)CC1CCOc2ccc(N)cc21. The van der Waals surface area contributed by atoms with E-state index < -0.39 is 11.6 Å². The van der Waals surface area contributed by atoms with Crippen LogP contribution in [0.2, 0.25) is 0 Å². The summed E-state index contributed by atoms with van der Waals surface area (Å²) in [6, 6.07) is 5.60. The maximum absolute atomic E-state index is 11.8. The van der Waals surface area contributed by atoms with Gasteiger partial charge in [-0.3, -0.25) is 9.79 Å². The highest BCUT2D eigenvalue weighted by Crippen LogP contribution is 2.37. The number of nitrogens with two attached hydrogens (primary N) is 1. The lowest BCUT2D eigenvalue weighted by Gasteiger charge is -2.26. The second kappa shape index (κ2) is 7.47. The van der Waals surface area contributed by atoms with Crippen molar-refractivity contribution >= 4 is 23.6 Å². The number of nitrogens with zero attached hydrogens (tertiary/aromatic N) is 1. The Bertz CT molecular complexity index is 647. The molecule has 6 heteroatoms. The van der Waals surface area contributed by atoms with Crippen LogP contribution in [-0.2, 0) is 9.53 Å². The van der Waals surface area contributed by atoms with Crippen LogP contribution >= 0.6 is 0 Å². The summed E-state index contributed by atoms with van der Waals surface area (Å²) in [6.07, 6.45) is 2.60. The minimum atomic E-state index is -0.533. The Labute approximate surface area is 142 Å². The van der Waals surface area contributed by atoms with E-state index in [4.69, 9.17) is 20.6 Å². The van der Waals surface area contributed by atoms with Gasteiger partial charge >= 0.3 is 5.97 Å². The topological polar surface area (TPSA) is 97.8 Å². The Morgan fingerprint density at radius 3 is 2.92 bits per heavy atom. The van der Waals surface area contributed by atoms with Crippen molar-refractivity contribution in [1.29, 1.82) is 5.41 Å². The summed E-state index contributed by atoms with van der Waals surface area (Å²) in [4.78, 5) is 16.0. The summed E-state index contributed by atoms with van der Waals surface area (Å²) in [5.74, 6) is 0.617. The van der Waals surface area contributed by atoms with Crippen LogP contribution in [0.3, 0.4) is 0 Å². The number of ether oxygens (including phenoxy) is 2. The fourth-order valence-electron chi connectivity index (χ4n) is 2.66. The van der Waals surface area contributed by atoms with E-state index in [1.165, 1.54) is 6.21 Å². The zero-order valence-corrected chi connectivity index (χ0v) is 14.5. The van der Waals surface area contributed by atoms with Crippen LogP contribution < -0.4 is 10.5 Å². The van der Waals surface area contributed by atoms with E-state index in [-0.39, 0.29) is 12.5 Å². The Morgan fingerprint density at radius 1 is 1.50 bits per heavy atom. The molecule has 1 heterocycles. The number of hydrogen-bond acceptors (Lipinski definition) is 6. The van der Waals surface area contributed by atoms with E-state index in [0.717, 1.165) is 17.7 Å². The van der Waals surface area contributed by atoms with Crippen molar-refractivity contribution in [3.05, 3.63) is 23.8 Å². The third-order valence-corrected chi connectivity index (χ3v) is 3.65. The number of nitrogens with one attached hydrogen (secondary N) is 1. The van der Waals surface area contributed by atoms with E-state index in [1.54, 1.807) is 0 Å². The third kappa shape index (κ3) is 5.08. The van der Waals surface area contributed by atoms with Gasteiger partial charge in [0.25, 0.3) is 0 Å². The average Bonchev–Trinajstić information content (AvgIpc) is 2.50. The molecule has 1 aromatic rings. The number of rotatable bonds is 5. The maximum atomic E-state index is 11.8. The molecule has 24 heavy (non-hydrogen) atoms. The zero-order valence-electron chi connectivity index (χ0n) is 14.5. The maximum Gasteiger partial charge on any atom is 0.328 e. The highest BCUT2D eigenvalue weighted by Gasteiger charge is 2.23. The van der Waals surface area contributed by atoms with Crippen LogP contribution in [0.15, 0.2) is 23.2 Å². The molecular formula is C18H25N3O3. The van der Waals surface area contributed by atoms with E-state index in [1.807, 2.05) is 39.0 Å². The molecule has 3 N–H and O–H groups in total. The number of carbonyl (C=O) groups excluding carboxylic acids is 1. The molecule has 1 aromatic carbocycles. The fraction of sp³-hybridized carbons (Fsp3) is 0.500. The fourth-order valence-corrected chi connectivity index (χ4v) is 2.66. The first-order valence-corrected chi connectivity index (χ1v) is 8.06. The standard InChI is InChI=1S/C18H25N3O3/c1-18(2,3)24-17(22)11-21-14(10-19)8-12-6-7-23-16-5-4-13(20)9-15(12)16/h4-5,9-10,12,19H,6-8,11,20H2,1-3H3. The molecule has 1 unspecified atom stereocenters. The van der Waals surface area contributed by atoms with Crippen molar-refractivity contribution in [2.75, 3.05) is 18.9 Å². The van der Waals surface area contributed by atoms with Crippen LogP contribution in [0.1, 0.15) is 45.1 Å². The number of anilines is 1. The molecule has 0 saturated heterocycles. The molecule has 1 atom stereocenters. The van der Waals surface area contributed by atoms with Crippen molar-refractivity contribution in [1.82, 2.24) is 0 Å². The number of hydrogen-bond donors (Lipinski definition) is 2. The third-order valence-electron chi connectivity index (χ3n) is 3.65. The number of esters is 1. The molecular weight excluding hydrogens is 306 g/mol. The molecule has 0 saturated carbocycles. The Kier molecular flexibility index (Phi) is 5.59. The predicted molar refractivity (Wildman–Crippen MR) is 95.3 cm³/mol. The lowest BCUT2D eigenvalue weighted by Crippen LogP contribution is -2.26. The van der Waals surface area contributed by atoms with Gasteiger partial charge < -0.3 is 20.6 Å². The van der Waals surface area contributed by atoms with Gasteiger partial charge in [-0.05, 0) is 63.3 Å². The summed E-state index contributed by atoms with van der Waals surface area (Å²) in [6.45, 7) is 5.99. The van der Waals surface area contributed by atoms with Gasteiger partial charge in [0.15, 0.2) is 0 Å². The first-order valence-electron chi connectivity index (χ1n) is 8.06. The number of carbonyl (C=O) groups is 1. The van der Waals surface area contributed by atoms with Crippen molar-refractivity contribution in [2.45, 2.75) is 45.1 Å². The van der Waals surface area contributed by atoms with E-state index in [2.05, 4.69) is 4.99 Å². The monoisotopic (exact) mass is 331 g/mol. The van der Waals surface area contributed by atoms with Gasteiger partial charge in [-0.2, -0.15) is 0 Å². The highest BCUT2D eigenvalue weighted by atomic mass is 16.6. The van der Waals surface area contributed by atoms with Gasteiger partial charge in [0, 0.05) is 11.9 Å². The number of nitrogen functional groups attached to an aromatic ring is 1. The molecule has 0 aromatic heterocycles. The minimum Gasteiger partial charge on any atom is -0.493 e. The summed E-state index contributed by atoms with van der Waals surface area (Å²) in [5, 5.41) is 7.57. The summed E-state index contributed by atoms with van der Waals surface area (Å²) in [7, 11) is 0. The van der Waals surface area contributed by atoms with Crippen LogP contribution in [0.5, 0.6) is 5.75 Å². The molecule has 0 spiro atoms. The van der Waals surface area contributed by atoms with Crippen molar-refractivity contribution in [2.24, 2.45) is 4.99 Å². The Morgan fingerprint density at radius 2 is 2.25 bits per heavy atom. The van der Waals surface area contributed by atoms with Gasteiger partial charge in [0.1, 0.15) is 17.9 Å². The molecule has 130 valence electrons. The minimum absolute atomic E-state index is 0.0744. The average molecular weight is 331 g/mol. The normalized spacial score (nSPS) is 17.6. The van der Waals surface area contributed by atoms with Crippen molar-refractivity contribution in [3.8, 4) is 5.75 Å². The van der Waals surface area contributed by atoms with Crippen molar-refractivity contribution < 1.29 is 14.3 Å². The second-order valence-electron chi connectivity index (χ2n) is 6.87. The lowest BCUT2D eigenvalue weighted by atomic mass is 9.88. The van der Waals surface area contributed by atoms with Gasteiger partial charge in [-0.25, -0.2) is 0 Å². The first-order chi connectivity index (χ1) is 11.3. The van der Waals surface area contributed by atoms with Gasteiger partial charge in [-0.15, -0.1) is 0 Å². The predicted octanol–water partition coefficient (Wildman–Crippen LogP) is 2.96. The molecule has 2 rings (SSSR count). The Hall–Kier alpha value is -2.37. The molecule has 6 nitrogen and oxygen atoms in total. The number of benzene rings is 1. The zero-order chi connectivity index (χ0) is 17.7. The van der Waals surface area contributed by atoms with Crippen molar-refractivity contribution in [3.63, 3.8) is 0 Å². The molecule has 0 radical (unpaired) electrons.